The molecule has 0 bridgehead atoms. The van der Waals surface area contributed by atoms with Crippen molar-refractivity contribution in [1.82, 2.24) is 14.8 Å². The van der Waals surface area contributed by atoms with Gasteiger partial charge in [0.1, 0.15) is 11.0 Å². The van der Waals surface area contributed by atoms with Crippen molar-refractivity contribution in [1.29, 1.82) is 5.26 Å². The first-order valence-electron chi connectivity index (χ1n) is 8.50. The molecule has 0 unspecified atom stereocenters. The maximum Gasteiger partial charge on any atom is 0.336 e. The van der Waals surface area contributed by atoms with Gasteiger partial charge >= 0.3 is 5.97 Å². The fraction of sp³-hybridized carbons (Fsp3) is 0.444. The van der Waals surface area contributed by atoms with E-state index < -0.39 is 17.7 Å². The number of ether oxygens (including phenoxy) is 2. The van der Waals surface area contributed by atoms with E-state index in [1.807, 2.05) is 0 Å². The van der Waals surface area contributed by atoms with E-state index >= 15 is 0 Å². The van der Waals surface area contributed by atoms with Gasteiger partial charge in [0.2, 0.25) is 0 Å². The lowest BCUT2D eigenvalue weighted by molar-refractivity contribution is -0.168. The van der Waals surface area contributed by atoms with Crippen LogP contribution in [0.5, 0.6) is 0 Å². The Balaban J connectivity index is 2.01. The summed E-state index contributed by atoms with van der Waals surface area (Å²) in [6, 6.07) is 3.78. The van der Waals surface area contributed by atoms with E-state index in [1.54, 1.807) is 26.8 Å². The quantitative estimate of drug-likeness (QED) is 0.781. The number of carbonyl (C=O) groups excluding carboxylic acids is 1. The Bertz CT molecular complexity index is 1020. The first kappa shape index (κ1) is 18.7. The molecule has 0 radical (unpaired) electrons. The Morgan fingerprint density at radius 1 is 1.56 bits per heavy atom. The highest BCUT2D eigenvalue weighted by Crippen LogP contribution is 2.30. The molecule has 2 aromatic heterocycles. The average molecular weight is 371 g/mol. The number of carbonyl (C=O) groups is 1. The van der Waals surface area contributed by atoms with E-state index in [2.05, 4.69) is 16.2 Å². The fourth-order valence-corrected chi connectivity index (χ4v) is 2.99. The summed E-state index contributed by atoms with van der Waals surface area (Å²) in [7, 11) is 0. The van der Waals surface area contributed by atoms with Crippen LogP contribution < -0.4 is 11.3 Å². The van der Waals surface area contributed by atoms with Crippen molar-refractivity contribution in [2.75, 3.05) is 12.3 Å². The second-order valence-corrected chi connectivity index (χ2v) is 7.29. The van der Waals surface area contributed by atoms with Crippen molar-refractivity contribution in [2.24, 2.45) is 0 Å². The number of nitriles is 1. The van der Waals surface area contributed by atoms with Crippen LogP contribution >= 0.6 is 0 Å². The van der Waals surface area contributed by atoms with Gasteiger partial charge in [-0.15, -0.1) is 5.10 Å². The van der Waals surface area contributed by atoms with Crippen LogP contribution in [0.3, 0.4) is 0 Å². The third kappa shape index (κ3) is 3.71. The molecule has 2 aromatic rings. The van der Waals surface area contributed by atoms with E-state index in [4.69, 9.17) is 15.2 Å². The molecule has 0 saturated carbocycles. The molecule has 0 saturated heterocycles. The smallest absolute Gasteiger partial charge is 0.336 e. The SMILES string of the molecule is CC(C)(C)OC(=O)[C@@H]1CC(CC#N)=C(n2nc(N)c3c(=O)[nH]ccc32)CO1. The normalized spacial score (nSPS) is 17.8. The molecule has 9 nitrogen and oxygen atoms in total. The third-order valence-electron chi connectivity index (χ3n) is 4.11. The van der Waals surface area contributed by atoms with E-state index in [9.17, 15) is 14.9 Å². The highest BCUT2D eigenvalue weighted by molar-refractivity contribution is 5.90. The highest BCUT2D eigenvalue weighted by Gasteiger charge is 2.32. The predicted molar refractivity (Wildman–Crippen MR) is 98.4 cm³/mol. The van der Waals surface area contributed by atoms with Gasteiger partial charge in [-0.1, -0.05) is 0 Å². The van der Waals surface area contributed by atoms with Crippen molar-refractivity contribution >= 4 is 28.4 Å². The molecule has 3 rings (SSSR count). The number of hydrogen-bond donors (Lipinski definition) is 2. The summed E-state index contributed by atoms with van der Waals surface area (Å²) < 4.78 is 12.6. The second-order valence-electron chi connectivity index (χ2n) is 7.29. The number of aromatic nitrogens is 3. The van der Waals surface area contributed by atoms with E-state index in [0.29, 0.717) is 16.8 Å². The van der Waals surface area contributed by atoms with Crippen LogP contribution in [0.2, 0.25) is 0 Å². The maximum atomic E-state index is 12.3. The van der Waals surface area contributed by atoms with Crippen molar-refractivity contribution in [3.05, 3.63) is 28.2 Å². The maximum absolute atomic E-state index is 12.3. The van der Waals surface area contributed by atoms with Crippen LogP contribution in [0.1, 0.15) is 33.6 Å². The van der Waals surface area contributed by atoms with Crippen LogP contribution in [0.4, 0.5) is 5.82 Å². The van der Waals surface area contributed by atoms with Gasteiger partial charge in [-0.25, -0.2) is 9.48 Å². The number of nitrogens with one attached hydrogen (secondary N) is 1. The molecule has 1 atom stereocenters. The molecule has 3 heterocycles. The number of hydrogen-bond acceptors (Lipinski definition) is 7. The van der Waals surface area contributed by atoms with Gasteiger partial charge in [-0.3, -0.25) is 4.79 Å². The summed E-state index contributed by atoms with van der Waals surface area (Å²) in [6.07, 6.45) is 1.02. The minimum atomic E-state index is -0.793. The summed E-state index contributed by atoms with van der Waals surface area (Å²) in [5.41, 5.74) is 6.73. The number of H-pyrrole nitrogens is 1. The molecule has 3 N–H and O–H groups in total. The number of rotatable bonds is 3. The molecule has 1 aliphatic rings. The second kappa shape index (κ2) is 6.89. The Kier molecular flexibility index (Phi) is 4.76. The lowest BCUT2D eigenvalue weighted by Crippen LogP contribution is -2.36. The molecular weight excluding hydrogens is 350 g/mol. The summed E-state index contributed by atoms with van der Waals surface area (Å²) >= 11 is 0. The van der Waals surface area contributed by atoms with E-state index in [-0.39, 0.29) is 36.2 Å². The number of esters is 1. The van der Waals surface area contributed by atoms with Gasteiger partial charge in [0.15, 0.2) is 11.9 Å². The highest BCUT2D eigenvalue weighted by atomic mass is 16.6. The number of nitrogens with two attached hydrogens (primary N) is 1. The number of fused-ring (bicyclic) bond motifs is 1. The summed E-state index contributed by atoms with van der Waals surface area (Å²) in [6.45, 7) is 5.38. The van der Waals surface area contributed by atoms with E-state index in [1.165, 1.54) is 10.9 Å². The Morgan fingerprint density at radius 3 is 2.96 bits per heavy atom. The van der Waals surface area contributed by atoms with Gasteiger partial charge in [0.25, 0.3) is 5.56 Å². The van der Waals surface area contributed by atoms with E-state index in [0.717, 1.165) is 0 Å². The lowest BCUT2D eigenvalue weighted by Gasteiger charge is -2.28. The molecule has 0 amide bonds. The number of anilines is 1. The predicted octanol–water partition coefficient (Wildman–Crippen LogP) is 1.56. The van der Waals surface area contributed by atoms with Gasteiger partial charge in [0.05, 0.1) is 30.3 Å². The first-order chi connectivity index (χ1) is 12.7. The Labute approximate surface area is 155 Å². The molecule has 0 spiro atoms. The largest absolute Gasteiger partial charge is 0.458 e. The lowest BCUT2D eigenvalue weighted by atomic mass is 10.0. The zero-order valence-electron chi connectivity index (χ0n) is 15.4. The zero-order chi connectivity index (χ0) is 19.8. The van der Waals surface area contributed by atoms with Gasteiger partial charge in [-0.2, -0.15) is 5.26 Å². The zero-order valence-corrected chi connectivity index (χ0v) is 15.4. The van der Waals surface area contributed by atoms with Crippen molar-refractivity contribution in [3.63, 3.8) is 0 Å². The molecule has 9 heteroatoms. The van der Waals surface area contributed by atoms with Crippen LogP contribution in [-0.2, 0) is 14.3 Å². The molecule has 27 heavy (non-hydrogen) atoms. The summed E-state index contributed by atoms with van der Waals surface area (Å²) in [5.74, 6) is -0.386. The Morgan fingerprint density at radius 2 is 2.30 bits per heavy atom. The van der Waals surface area contributed by atoms with Crippen LogP contribution in [-0.4, -0.2) is 39.0 Å². The van der Waals surface area contributed by atoms with Crippen LogP contribution in [0.15, 0.2) is 22.6 Å². The first-order valence-corrected chi connectivity index (χ1v) is 8.50. The summed E-state index contributed by atoms with van der Waals surface area (Å²) in [4.78, 5) is 26.9. The summed E-state index contributed by atoms with van der Waals surface area (Å²) in [5, 5.41) is 13.7. The van der Waals surface area contributed by atoms with Crippen LogP contribution in [0.25, 0.3) is 16.6 Å². The van der Waals surface area contributed by atoms with Gasteiger partial charge in [-0.05, 0) is 32.4 Å². The molecule has 0 fully saturated rings. The van der Waals surface area contributed by atoms with Crippen molar-refractivity contribution in [2.45, 2.75) is 45.3 Å². The minimum absolute atomic E-state index is 0.0456. The van der Waals surface area contributed by atoms with Crippen molar-refractivity contribution in [3.8, 4) is 6.07 Å². The molecule has 1 aliphatic heterocycles. The van der Waals surface area contributed by atoms with Crippen LogP contribution in [0, 0.1) is 11.3 Å². The number of nitrogen functional groups attached to an aromatic ring is 1. The third-order valence-corrected chi connectivity index (χ3v) is 4.11. The van der Waals surface area contributed by atoms with Gasteiger partial charge < -0.3 is 20.2 Å². The molecule has 142 valence electrons. The standard InChI is InChI=1S/C18H21N5O4/c1-18(2,3)27-17(25)13-8-10(4-6-19)12(9-26-13)23-11-5-7-21-16(24)14(11)15(20)22-23/h5,7,13H,4,8-9H2,1-3H3,(H2,20,22)(H,21,24)/t13-/m0/s1. The molecular formula is C18H21N5O4. The minimum Gasteiger partial charge on any atom is -0.458 e. The average Bonchev–Trinajstić information content (AvgIpc) is 2.91. The Hall–Kier alpha value is -3.12. The number of nitrogens with zero attached hydrogens (tertiary/aromatic N) is 3. The number of aromatic amines is 1. The van der Waals surface area contributed by atoms with Crippen molar-refractivity contribution < 1.29 is 14.3 Å². The number of pyridine rings is 1. The fourth-order valence-electron chi connectivity index (χ4n) is 2.99. The topological polar surface area (TPSA) is 136 Å². The van der Waals surface area contributed by atoms with Gasteiger partial charge in [0, 0.05) is 12.6 Å². The molecule has 0 aromatic carbocycles. The monoisotopic (exact) mass is 371 g/mol. The molecule has 0 aliphatic carbocycles.